The third kappa shape index (κ3) is 5.47. The zero-order valence-corrected chi connectivity index (χ0v) is 16.7. The fourth-order valence-corrected chi connectivity index (χ4v) is 3.58. The second kappa shape index (κ2) is 9.76. The Kier molecular flexibility index (Phi) is 7.12. The molecule has 2 N–H and O–H groups in total. The highest BCUT2D eigenvalue weighted by molar-refractivity contribution is 5.80. The van der Waals surface area contributed by atoms with Gasteiger partial charge in [0, 0.05) is 51.1 Å². The number of ether oxygens (including phenoxy) is 1. The normalized spacial score (nSPS) is 17.4. The molecule has 27 heavy (non-hydrogen) atoms. The van der Waals surface area contributed by atoms with Crippen LogP contribution in [-0.2, 0) is 11.2 Å². The summed E-state index contributed by atoms with van der Waals surface area (Å²) in [6.07, 6.45) is 0.826. The van der Waals surface area contributed by atoms with E-state index in [0.717, 1.165) is 68.5 Å². The van der Waals surface area contributed by atoms with Gasteiger partial charge in [0.05, 0.1) is 13.2 Å². The number of nitrogens with zero attached hydrogens (tertiary/aromatic N) is 2. The van der Waals surface area contributed by atoms with Crippen molar-refractivity contribution in [1.82, 2.24) is 15.5 Å². The Labute approximate surface area is 162 Å². The van der Waals surface area contributed by atoms with Gasteiger partial charge in [-0.25, -0.2) is 0 Å². The van der Waals surface area contributed by atoms with Crippen molar-refractivity contribution in [2.45, 2.75) is 26.3 Å². The molecule has 1 unspecified atom stereocenters. The van der Waals surface area contributed by atoms with Gasteiger partial charge in [0.25, 0.3) is 0 Å². The number of benzene rings is 1. The topological polar surface area (TPSA) is 62.0 Å². The van der Waals surface area contributed by atoms with Crippen molar-refractivity contribution in [2.75, 3.05) is 46.4 Å². The molecule has 148 valence electrons. The van der Waals surface area contributed by atoms with Crippen LogP contribution in [0.2, 0.25) is 0 Å². The lowest BCUT2D eigenvalue weighted by Crippen LogP contribution is -2.52. The second-order valence-electron chi connectivity index (χ2n) is 7.34. The summed E-state index contributed by atoms with van der Waals surface area (Å²) in [4.78, 5) is 6.88. The van der Waals surface area contributed by atoms with Crippen LogP contribution in [-0.4, -0.2) is 63.3 Å². The molecule has 1 aromatic carbocycles. The number of guanidine groups is 1. The quantitative estimate of drug-likeness (QED) is 0.578. The van der Waals surface area contributed by atoms with Crippen LogP contribution in [0.3, 0.4) is 0 Å². The number of rotatable bonds is 7. The lowest BCUT2D eigenvalue weighted by atomic mass is 10.0. The van der Waals surface area contributed by atoms with E-state index < -0.39 is 0 Å². The molecule has 0 bridgehead atoms. The molecule has 0 saturated carbocycles. The summed E-state index contributed by atoms with van der Waals surface area (Å²) >= 11 is 0. The molecule has 1 aliphatic heterocycles. The summed E-state index contributed by atoms with van der Waals surface area (Å²) < 4.78 is 11.4. The van der Waals surface area contributed by atoms with Gasteiger partial charge < -0.3 is 19.8 Å². The fraction of sp³-hybridized carbons (Fsp3) is 0.571. The highest BCUT2D eigenvalue weighted by atomic mass is 16.5. The van der Waals surface area contributed by atoms with E-state index in [-0.39, 0.29) is 0 Å². The number of nitrogens with one attached hydrogen (secondary N) is 2. The summed E-state index contributed by atoms with van der Waals surface area (Å²) in [6.45, 7) is 9.87. The number of furan rings is 1. The molecular formula is C21H32N4O2. The van der Waals surface area contributed by atoms with Crippen LogP contribution in [0.4, 0.5) is 0 Å². The van der Waals surface area contributed by atoms with Crippen LogP contribution in [0.5, 0.6) is 0 Å². The zero-order chi connectivity index (χ0) is 19.1. The maximum Gasteiger partial charge on any atom is 0.191 e. The van der Waals surface area contributed by atoms with E-state index in [1.54, 1.807) is 0 Å². The average Bonchev–Trinajstić information content (AvgIpc) is 3.10. The zero-order valence-electron chi connectivity index (χ0n) is 16.7. The molecule has 2 heterocycles. The van der Waals surface area contributed by atoms with Gasteiger partial charge in [0.1, 0.15) is 11.3 Å². The van der Waals surface area contributed by atoms with Gasteiger partial charge >= 0.3 is 0 Å². The van der Waals surface area contributed by atoms with Crippen molar-refractivity contribution in [3.05, 3.63) is 36.1 Å². The van der Waals surface area contributed by atoms with Gasteiger partial charge in [-0.1, -0.05) is 32.0 Å². The minimum atomic E-state index is 0.475. The number of aliphatic imine (C=N–C) groups is 1. The molecule has 1 aliphatic rings. The lowest BCUT2D eigenvalue weighted by molar-refractivity contribution is 0.00752. The van der Waals surface area contributed by atoms with Gasteiger partial charge in [-0.05, 0) is 18.1 Å². The highest BCUT2D eigenvalue weighted by Gasteiger charge is 2.23. The monoisotopic (exact) mass is 372 g/mol. The number of hydrogen-bond donors (Lipinski definition) is 2. The molecule has 1 aromatic heterocycles. The molecule has 0 aliphatic carbocycles. The van der Waals surface area contributed by atoms with Crippen molar-refractivity contribution in [1.29, 1.82) is 0 Å². The van der Waals surface area contributed by atoms with E-state index >= 15 is 0 Å². The van der Waals surface area contributed by atoms with Crippen molar-refractivity contribution in [3.8, 4) is 0 Å². The van der Waals surface area contributed by atoms with Crippen LogP contribution >= 0.6 is 0 Å². The first-order chi connectivity index (χ1) is 13.2. The first-order valence-corrected chi connectivity index (χ1v) is 9.91. The first kappa shape index (κ1) is 19.7. The van der Waals surface area contributed by atoms with Gasteiger partial charge in [0.2, 0.25) is 0 Å². The molecular weight excluding hydrogens is 340 g/mol. The maximum absolute atomic E-state index is 5.87. The molecule has 3 rings (SSSR count). The van der Waals surface area contributed by atoms with Crippen molar-refractivity contribution in [3.63, 3.8) is 0 Å². The van der Waals surface area contributed by atoms with Crippen LogP contribution in [0.1, 0.15) is 19.6 Å². The molecule has 1 saturated heterocycles. The Morgan fingerprint density at radius 2 is 1.96 bits per heavy atom. The molecule has 0 spiro atoms. The minimum absolute atomic E-state index is 0.475. The SMILES string of the molecule is CN=C(NCCc1cc2ccccc2o1)NCC(C(C)C)N1CCOCC1. The minimum Gasteiger partial charge on any atom is -0.461 e. The van der Waals surface area contributed by atoms with E-state index in [2.05, 4.69) is 46.5 Å². The Balaban J connectivity index is 1.46. The smallest absolute Gasteiger partial charge is 0.191 e. The molecule has 6 nitrogen and oxygen atoms in total. The maximum atomic E-state index is 5.87. The summed E-state index contributed by atoms with van der Waals surface area (Å²) in [5.41, 5.74) is 0.945. The largest absolute Gasteiger partial charge is 0.461 e. The standard InChI is InChI=1S/C21H32N4O2/c1-16(2)19(25-10-12-26-13-11-25)15-24-21(22-3)23-9-8-18-14-17-6-4-5-7-20(17)27-18/h4-7,14,16,19H,8-13,15H2,1-3H3,(H2,22,23,24). The predicted molar refractivity (Wildman–Crippen MR) is 110 cm³/mol. The number of morpholine rings is 1. The molecule has 0 amide bonds. The Morgan fingerprint density at radius 1 is 1.19 bits per heavy atom. The Hall–Kier alpha value is -2.05. The summed E-state index contributed by atoms with van der Waals surface area (Å²) in [5.74, 6) is 2.40. The van der Waals surface area contributed by atoms with Gasteiger partial charge in [-0.2, -0.15) is 0 Å². The van der Waals surface area contributed by atoms with Gasteiger partial charge in [0.15, 0.2) is 5.96 Å². The van der Waals surface area contributed by atoms with E-state index in [4.69, 9.17) is 9.15 Å². The molecule has 1 fully saturated rings. The first-order valence-electron chi connectivity index (χ1n) is 9.91. The molecule has 2 aromatic rings. The Bertz CT molecular complexity index is 702. The van der Waals surface area contributed by atoms with Crippen molar-refractivity contribution < 1.29 is 9.15 Å². The van der Waals surface area contributed by atoms with Crippen molar-refractivity contribution in [2.24, 2.45) is 10.9 Å². The average molecular weight is 373 g/mol. The lowest BCUT2D eigenvalue weighted by Gasteiger charge is -2.37. The van der Waals surface area contributed by atoms with Crippen molar-refractivity contribution >= 4 is 16.9 Å². The van der Waals surface area contributed by atoms with Gasteiger partial charge in [-0.15, -0.1) is 0 Å². The van der Waals surface area contributed by atoms with E-state index in [1.807, 2.05) is 25.2 Å². The molecule has 6 heteroatoms. The third-order valence-corrected chi connectivity index (χ3v) is 5.13. The predicted octanol–water partition coefficient (Wildman–Crippen LogP) is 2.50. The summed E-state index contributed by atoms with van der Waals surface area (Å²) in [7, 11) is 1.82. The number of para-hydroxylation sites is 1. The fourth-order valence-electron chi connectivity index (χ4n) is 3.58. The van der Waals surface area contributed by atoms with E-state index in [0.29, 0.717) is 12.0 Å². The Morgan fingerprint density at radius 3 is 2.67 bits per heavy atom. The van der Waals surface area contributed by atoms with Gasteiger partial charge in [-0.3, -0.25) is 9.89 Å². The van der Waals surface area contributed by atoms with Crippen LogP contribution in [0.15, 0.2) is 39.7 Å². The third-order valence-electron chi connectivity index (χ3n) is 5.13. The number of hydrogen-bond acceptors (Lipinski definition) is 4. The number of fused-ring (bicyclic) bond motifs is 1. The van der Waals surface area contributed by atoms with E-state index in [9.17, 15) is 0 Å². The molecule has 0 radical (unpaired) electrons. The summed E-state index contributed by atoms with van der Waals surface area (Å²) in [5, 5.41) is 8.03. The van der Waals surface area contributed by atoms with E-state index in [1.165, 1.54) is 0 Å². The second-order valence-corrected chi connectivity index (χ2v) is 7.34. The van der Waals surface area contributed by atoms with Crippen LogP contribution in [0.25, 0.3) is 11.0 Å². The summed E-state index contributed by atoms with van der Waals surface area (Å²) in [6, 6.07) is 10.7. The highest BCUT2D eigenvalue weighted by Crippen LogP contribution is 2.18. The molecule has 1 atom stereocenters. The van der Waals surface area contributed by atoms with Crippen LogP contribution in [0, 0.1) is 5.92 Å². The van der Waals surface area contributed by atoms with Crippen LogP contribution < -0.4 is 10.6 Å².